The lowest BCUT2D eigenvalue weighted by Crippen LogP contribution is -2.47. The van der Waals surface area contributed by atoms with E-state index in [1.54, 1.807) is 41.5 Å². The highest BCUT2D eigenvalue weighted by atomic mass is 14.7. The van der Waals surface area contributed by atoms with Crippen molar-refractivity contribution in [3.63, 3.8) is 0 Å². The van der Waals surface area contributed by atoms with Crippen LogP contribution in [0.5, 0.6) is 0 Å². The molecule has 0 amide bonds. The van der Waals surface area contributed by atoms with E-state index in [1.165, 1.54) is 56.1 Å². The van der Waals surface area contributed by atoms with Gasteiger partial charge in [-0.15, -0.1) is 0 Å². The first kappa shape index (κ1) is 29.1. The van der Waals surface area contributed by atoms with Crippen LogP contribution >= 0.6 is 0 Å². The largest absolute Gasteiger partial charge is 0.0619 e. The second-order valence-corrected chi connectivity index (χ2v) is 19.8. The van der Waals surface area contributed by atoms with E-state index < -0.39 is 0 Å². The maximum absolute atomic E-state index is 2.94. The van der Waals surface area contributed by atoms with E-state index in [1.807, 2.05) is 16.7 Å². The molecule has 8 aliphatic rings. The van der Waals surface area contributed by atoms with Crippen molar-refractivity contribution in [3.8, 4) is 11.1 Å². The average Bonchev–Trinajstić information content (AvgIpc) is 3.71. The number of benzene rings is 2. The van der Waals surface area contributed by atoms with Crippen LogP contribution in [-0.4, -0.2) is 0 Å². The Labute approximate surface area is 274 Å². The van der Waals surface area contributed by atoms with Crippen molar-refractivity contribution in [2.75, 3.05) is 0 Å². The molecular formula is C45H58. The van der Waals surface area contributed by atoms with E-state index in [9.17, 15) is 0 Å². The predicted octanol–water partition coefficient (Wildman–Crippen LogP) is 12.3. The van der Waals surface area contributed by atoms with Gasteiger partial charge in [0.2, 0.25) is 0 Å². The zero-order valence-electron chi connectivity index (χ0n) is 29.7. The molecule has 8 aliphatic carbocycles. The first-order chi connectivity index (χ1) is 21.3. The Hall–Kier alpha value is -2.08. The molecule has 0 nitrogen and oxygen atoms in total. The molecule has 0 aliphatic heterocycles. The zero-order chi connectivity index (χ0) is 31.3. The molecule has 238 valence electrons. The molecule has 0 aromatic heterocycles. The smallest absolute Gasteiger partial charge is 0.0204 e. The van der Waals surface area contributed by atoms with Gasteiger partial charge in [-0.25, -0.2) is 0 Å². The molecule has 0 radical (unpaired) electrons. The van der Waals surface area contributed by atoms with Crippen LogP contribution in [0.3, 0.4) is 0 Å². The van der Waals surface area contributed by atoms with Crippen LogP contribution in [-0.2, 0) is 10.8 Å². The van der Waals surface area contributed by atoms with Crippen LogP contribution in [0.15, 0.2) is 59.2 Å². The van der Waals surface area contributed by atoms with E-state index in [0.29, 0.717) is 17.3 Å². The zero-order valence-corrected chi connectivity index (χ0v) is 29.7. The Morgan fingerprint density at radius 1 is 0.711 bits per heavy atom. The van der Waals surface area contributed by atoms with Crippen LogP contribution in [0.4, 0.5) is 0 Å². The summed E-state index contributed by atoms with van der Waals surface area (Å²) in [4.78, 5) is 0. The minimum Gasteiger partial charge on any atom is -0.0619 e. The van der Waals surface area contributed by atoms with Crippen molar-refractivity contribution in [2.45, 2.75) is 136 Å². The summed E-state index contributed by atoms with van der Waals surface area (Å²) in [5, 5.41) is 0. The minimum atomic E-state index is 0.144. The van der Waals surface area contributed by atoms with Crippen LogP contribution in [0.2, 0.25) is 0 Å². The second-order valence-electron chi connectivity index (χ2n) is 19.8. The fourth-order valence-electron chi connectivity index (χ4n) is 13.5. The normalized spacial score (nSPS) is 36.6. The van der Waals surface area contributed by atoms with Gasteiger partial charge in [0, 0.05) is 11.3 Å². The van der Waals surface area contributed by atoms with Gasteiger partial charge in [0.25, 0.3) is 0 Å². The maximum atomic E-state index is 2.94. The Morgan fingerprint density at radius 2 is 1.24 bits per heavy atom. The van der Waals surface area contributed by atoms with Gasteiger partial charge in [0.15, 0.2) is 0 Å². The Kier molecular flexibility index (Phi) is 6.01. The summed E-state index contributed by atoms with van der Waals surface area (Å²) in [6.07, 6.45) is 17.7. The molecule has 0 heterocycles. The van der Waals surface area contributed by atoms with Crippen LogP contribution < -0.4 is 0 Å². The third kappa shape index (κ3) is 3.90. The van der Waals surface area contributed by atoms with Crippen LogP contribution in [0, 0.1) is 46.3 Å². The van der Waals surface area contributed by atoms with Gasteiger partial charge in [-0.2, -0.15) is 0 Å². The Balaban J connectivity index is 1.25. The van der Waals surface area contributed by atoms with Crippen LogP contribution in [0.25, 0.3) is 11.1 Å². The highest BCUT2D eigenvalue weighted by Gasteiger charge is 2.63. The van der Waals surface area contributed by atoms with E-state index >= 15 is 0 Å². The van der Waals surface area contributed by atoms with Gasteiger partial charge in [0.1, 0.15) is 0 Å². The number of hydrogen-bond donors (Lipinski definition) is 0. The molecule has 3 atom stereocenters. The standard InChI is InChI=1S/C45H58/c1-26(2)45(41-34-14-12-30(42(3,4)5)19-36(34)37-20-31(43(6,7)8)13-15-35(37)41)39-11-9-10-33(39)38-21-32(22-40(38)45)44-23-27-16-28(24-44)18-29(17-27)25-44/h12-15,19-20,22,26-29,33,39,41H,9-11,16-18,21,23-25H2,1-8H3. The molecule has 45 heavy (non-hydrogen) atoms. The lowest BCUT2D eigenvalue weighted by Gasteiger charge is -2.58. The lowest BCUT2D eigenvalue weighted by molar-refractivity contribution is -0.0316. The Bertz CT molecular complexity index is 1540. The number of rotatable bonds is 3. The molecular weight excluding hydrogens is 540 g/mol. The Morgan fingerprint density at radius 3 is 1.73 bits per heavy atom. The third-order valence-corrected chi connectivity index (χ3v) is 15.0. The molecule has 0 saturated heterocycles. The van der Waals surface area contributed by atoms with E-state index in [4.69, 9.17) is 0 Å². The van der Waals surface area contributed by atoms with Crippen LogP contribution in [0.1, 0.15) is 148 Å². The minimum absolute atomic E-state index is 0.144. The van der Waals surface area contributed by atoms with Gasteiger partial charge in [-0.1, -0.05) is 115 Å². The van der Waals surface area contributed by atoms with Gasteiger partial charge >= 0.3 is 0 Å². The average molecular weight is 599 g/mol. The molecule has 2 aromatic rings. The first-order valence-corrected chi connectivity index (χ1v) is 19.0. The monoisotopic (exact) mass is 598 g/mol. The molecule has 4 bridgehead atoms. The first-order valence-electron chi connectivity index (χ1n) is 19.0. The van der Waals surface area contributed by atoms with Crippen molar-refractivity contribution >= 4 is 0 Å². The summed E-state index contributed by atoms with van der Waals surface area (Å²) in [6, 6.07) is 15.4. The molecule has 0 spiro atoms. The summed E-state index contributed by atoms with van der Waals surface area (Å²) >= 11 is 0. The van der Waals surface area contributed by atoms with E-state index in [2.05, 4.69) is 97.9 Å². The fraction of sp³-hybridized carbons (Fsp3) is 0.644. The number of fused-ring (bicyclic) bond motifs is 5. The molecule has 3 unspecified atom stereocenters. The van der Waals surface area contributed by atoms with Gasteiger partial charge < -0.3 is 0 Å². The molecule has 10 rings (SSSR count). The second kappa shape index (κ2) is 9.29. The predicted molar refractivity (Wildman–Crippen MR) is 190 cm³/mol. The summed E-state index contributed by atoms with van der Waals surface area (Å²) in [5.41, 5.74) is 16.0. The lowest BCUT2D eigenvalue weighted by atomic mass is 9.47. The van der Waals surface area contributed by atoms with Gasteiger partial charge in [-0.05, 0) is 148 Å². The highest BCUT2D eigenvalue weighted by Crippen LogP contribution is 2.74. The topological polar surface area (TPSA) is 0 Å². The van der Waals surface area contributed by atoms with E-state index in [-0.39, 0.29) is 16.2 Å². The summed E-state index contributed by atoms with van der Waals surface area (Å²) < 4.78 is 0. The molecule has 0 N–H and O–H groups in total. The van der Waals surface area contributed by atoms with Gasteiger partial charge in [-0.3, -0.25) is 0 Å². The summed E-state index contributed by atoms with van der Waals surface area (Å²) in [7, 11) is 0. The molecule has 2 aromatic carbocycles. The van der Waals surface area contributed by atoms with Crippen molar-refractivity contribution < 1.29 is 0 Å². The molecule has 0 heteroatoms. The molecule has 5 fully saturated rings. The molecule has 5 saturated carbocycles. The van der Waals surface area contributed by atoms with E-state index in [0.717, 1.165) is 29.6 Å². The number of hydrogen-bond acceptors (Lipinski definition) is 0. The fourth-order valence-corrected chi connectivity index (χ4v) is 13.5. The van der Waals surface area contributed by atoms with Crippen molar-refractivity contribution in [1.29, 1.82) is 0 Å². The van der Waals surface area contributed by atoms with Gasteiger partial charge in [0.05, 0.1) is 0 Å². The van der Waals surface area contributed by atoms with Crippen molar-refractivity contribution in [3.05, 3.63) is 81.4 Å². The SMILES string of the molecule is CC(C)C1(C2c3ccc(C(C)(C)C)cc3-c3cc(C(C)(C)C)ccc32)C2=C(CC(C34CC5CC(CC(C5)C3)C4)=C2)C2CCCC21. The highest BCUT2D eigenvalue weighted by molar-refractivity contribution is 5.82. The van der Waals surface area contributed by atoms with Crippen molar-refractivity contribution in [2.24, 2.45) is 46.3 Å². The summed E-state index contributed by atoms with van der Waals surface area (Å²) in [6.45, 7) is 19.5. The maximum Gasteiger partial charge on any atom is 0.0204 e. The number of allylic oxidation sites excluding steroid dienone is 4. The van der Waals surface area contributed by atoms with Crippen molar-refractivity contribution in [1.82, 2.24) is 0 Å². The quantitative estimate of drug-likeness (QED) is 0.330. The summed E-state index contributed by atoms with van der Waals surface area (Å²) in [5.74, 6) is 5.70. The third-order valence-electron chi connectivity index (χ3n) is 15.0.